The molecule has 1 saturated carbocycles. The number of methoxy groups -OCH3 is 2. The van der Waals surface area contributed by atoms with E-state index in [1.54, 1.807) is 32.4 Å². The van der Waals surface area contributed by atoms with E-state index in [-0.39, 0.29) is 11.0 Å². The summed E-state index contributed by atoms with van der Waals surface area (Å²) >= 11 is 0. The Labute approximate surface area is 218 Å². The number of ether oxygens (including phenoxy) is 3. The van der Waals surface area contributed by atoms with Crippen LogP contribution in [0, 0.1) is 0 Å². The summed E-state index contributed by atoms with van der Waals surface area (Å²) in [4.78, 5) is 12.1. The van der Waals surface area contributed by atoms with Crippen LogP contribution in [-0.4, -0.2) is 38.3 Å². The van der Waals surface area contributed by atoms with Crippen molar-refractivity contribution in [1.82, 2.24) is 5.32 Å². The van der Waals surface area contributed by atoms with E-state index < -0.39 is 12.0 Å². The smallest absolute Gasteiger partial charge is 0.252 e. The SMILES string of the molecule is COc1ccc(C2(CNCC(O)c3ccc(OCc4ccccc4)c(C(N)=O)c3)CCCC2)cc1OC. The van der Waals surface area contributed by atoms with Crippen molar-refractivity contribution in [1.29, 1.82) is 0 Å². The zero-order valence-electron chi connectivity index (χ0n) is 21.5. The lowest BCUT2D eigenvalue weighted by Crippen LogP contribution is -2.37. The number of carbonyl (C=O) groups excluding carboxylic acids is 1. The van der Waals surface area contributed by atoms with Crippen molar-refractivity contribution < 1.29 is 24.1 Å². The van der Waals surface area contributed by atoms with Crippen LogP contribution in [0.3, 0.4) is 0 Å². The number of nitrogens with one attached hydrogen (secondary N) is 1. The second-order valence-electron chi connectivity index (χ2n) is 9.60. The first-order chi connectivity index (χ1) is 18.0. The van der Waals surface area contributed by atoms with Gasteiger partial charge in [-0.05, 0) is 53.8 Å². The highest BCUT2D eigenvalue weighted by Crippen LogP contribution is 2.43. The van der Waals surface area contributed by atoms with E-state index in [9.17, 15) is 9.90 Å². The molecule has 1 fully saturated rings. The number of hydrogen-bond donors (Lipinski definition) is 3. The van der Waals surface area contributed by atoms with Gasteiger partial charge >= 0.3 is 0 Å². The largest absolute Gasteiger partial charge is 0.493 e. The summed E-state index contributed by atoms with van der Waals surface area (Å²) in [6.07, 6.45) is 3.64. The molecule has 0 heterocycles. The Bertz CT molecular complexity index is 1190. The first-order valence-corrected chi connectivity index (χ1v) is 12.7. The van der Waals surface area contributed by atoms with Crippen LogP contribution in [0.4, 0.5) is 0 Å². The van der Waals surface area contributed by atoms with E-state index in [1.165, 1.54) is 5.56 Å². The quantitative estimate of drug-likeness (QED) is 0.335. The molecule has 0 aliphatic heterocycles. The number of aliphatic hydroxyl groups excluding tert-OH is 1. The number of hydrogen-bond acceptors (Lipinski definition) is 6. The molecule has 1 aliphatic rings. The average Bonchev–Trinajstić information content (AvgIpc) is 3.41. The molecule has 1 aliphatic carbocycles. The molecule has 1 unspecified atom stereocenters. The van der Waals surface area contributed by atoms with Gasteiger partial charge in [-0.1, -0.05) is 55.3 Å². The molecule has 3 aromatic carbocycles. The summed E-state index contributed by atoms with van der Waals surface area (Å²) in [7, 11) is 3.29. The lowest BCUT2D eigenvalue weighted by atomic mass is 9.78. The van der Waals surface area contributed by atoms with Gasteiger partial charge in [-0.2, -0.15) is 0 Å². The Morgan fingerprint density at radius 3 is 2.35 bits per heavy atom. The maximum absolute atomic E-state index is 12.1. The van der Waals surface area contributed by atoms with Gasteiger partial charge in [0.15, 0.2) is 11.5 Å². The number of nitrogens with two attached hydrogens (primary N) is 1. The van der Waals surface area contributed by atoms with E-state index in [1.807, 2.05) is 36.4 Å². The van der Waals surface area contributed by atoms with E-state index >= 15 is 0 Å². The van der Waals surface area contributed by atoms with Gasteiger partial charge in [0.25, 0.3) is 5.91 Å². The molecule has 3 aromatic rings. The zero-order valence-corrected chi connectivity index (χ0v) is 21.5. The number of aliphatic hydroxyl groups is 1. The average molecular weight is 505 g/mol. The molecule has 0 saturated heterocycles. The molecular weight excluding hydrogens is 468 g/mol. The maximum Gasteiger partial charge on any atom is 0.252 e. The van der Waals surface area contributed by atoms with E-state index in [0.29, 0.717) is 30.2 Å². The molecule has 4 rings (SSSR count). The fourth-order valence-corrected chi connectivity index (χ4v) is 5.16. The first kappa shape index (κ1) is 26.5. The lowest BCUT2D eigenvalue weighted by molar-refractivity contribution is 0.0995. The molecule has 196 valence electrons. The molecule has 0 spiro atoms. The van der Waals surface area contributed by atoms with Crippen LogP contribution < -0.4 is 25.3 Å². The highest BCUT2D eigenvalue weighted by atomic mass is 16.5. The van der Waals surface area contributed by atoms with Crippen molar-refractivity contribution in [2.24, 2.45) is 5.73 Å². The standard InChI is InChI=1S/C30H36N2O5/c1-35-27-13-11-23(17-28(27)36-2)30(14-6-7-15-30)20-32-18-25(33)22-10-12-26(24(16-22)29(31)34)37-19-21-8-4-3-5-9-21/h3-5,8-13,16-17,25,32-33H,6-7,14-15,18-20H2,1-2H3,(H2,31,34). The Balaban J connectivity index is 1.42. The second-order valence-corrected chi connectivity index (χ2v) is 9.60. The van der Waals surface area contributed by atoms with Crippen molar-refractivity contribution in [2.75, 3.05) is 27.3 Å². The number of carbonyl (C=O) groups is 1. The van der Waals surface area contributed by atoms with Crippen molar-refractivity contribution in [3.63, 3.8) is 0 Å². The van der Waals surface area contributed by atoms with Crippen LogP contribution in [-0.2, 0) is 12.0 Å². The van der Waals surface area contributed by atoms with Crippen molar-refractivity contribution in [2.45, 2.75) is 43.8 Å². The van der Waals surface area contributed by atoms with Crippen molar-refractivity contribution in [3.05, 3.63) is 89.0 Å². The molecule has 7 nitrogen and oxygen atoms in total. The highest BCUT2D eigenvalue weighted by Gasteiger charge is 2.36. The molecule has 1 atom stereocenters. The Hall–Kier alpha value is -3.55. The van der Waals surface area contributed by atoms with Gasteiger partial charge in [0.05, 0.1) is 25.9 Å². The Morgan fingerprint density at radius 2 is 1.68 bits per heavy atom. The summed E-state index contributed by atoms with van der Waals surface area (Å²) in [6, 6.07) is 20.9. The fourth-order valence-electron chi connectivity index (χ4n) is 5.16. The fraction of sp³-hybridized carbons (Fsp3) is 0.367. The van der Waals surface area contributed by atoms with Crippen LogP contribution in [0.5, 0.6) is 17.2 Å². The third-order valence-corrected chi connectivity index (χ3v) is 7.25. The predicted molar refractivity (Wildman–Crippen MR) is 143 cm³/mol. The Kier molecular flexibility index (Phi) is 8.69. The number of amides is 1. The van der Waals surface area contributed by atoms with Gasteiger partial charge in [0, 0.05) is 18.5 Å². The van der Waals surface area contributed by atoms with Crippen LogP contribution in [0.1, 0.15) is 58.8 Å². The van der Waals surface area contributed by atoms with E-state index in [2.05, 4.69) is 17.4 Å². The van der Waals surface area contributed by atoms with Crippen molar-refractivity contribution >= 4 is 5.91 Å². The molecule has 1 amide bonds. The topological polar surface area (TPSA) is 103 Å². The molecule has 0 bridgehead atoms. The van der Waals surface area contributed by atoms with Crippen LogP contribution in [0.15, 0.2) is 66.7 Å². The predicted octanol–water partition coefficient (Wildman–Crippen LogP) is 4.52. The number of benzene rings is 3. The zero-order chi connectivity index (χ0) is 26.3. The molecule has 0 aromatic heterocycles. The summed E-state index contributed by atoms with van der Waals surface area (Å²) in [5.74, 6) is 1.24. The van der Waals surface area contributed by atoms with E-state index in [0.717, 1.165) is 43.5 Å². The van der Waals surface area contributed by atoms with Crippen LogP contribution >= 0.6 is 0 Å². The van der Waals surface area contributed by atoms with Gasteiger partial charge < -0.3 is 30.4 Å². The van der Waals surface area contributed by atoms with Gasteiger partial charge in [-0.25, -0.2) is 0 Å². The molecule has 4 N–H and O–H groups in total. The third-order valence-electron chi connectivity index (χ3n) is 7.25. The minimum absolute atomic E-state index is 0.0349. The summed E-state index contributed by atoms with van der Waals surface area (Å²) in [5.41, 5.74) is 8.65. The normalized spacial score (nSPS) is 15.2. The van der Waals surface area contributed by atoms with Crippen LogP contribution in [0.25, 0.3) is 0 Å². The summed E-state index contributed by atoms with van der Waals surface area (Å²) < 4.78 is 16.8. The Morgan fingerprint density at radius 1 is 0.973 bits per heavy atom. The number of rotatable bonds is 12. The molecular formula is C30H36N2O5. The van der Waals surface area contributed by atoms with E-state index in [4.69, 9.17) is 19.9 Å². The molecule has 0 radical (unpaired) electrons. The number of primary amides is 1. The summed E-state index contributed by atoms with van der Waals surface area (Å²) in [5, 5.41) is 14.4. The van der Waals surface area contributed by atoms with Gasteiger partial charge in [-0.15, -0.1) is 0 Å². The van der Waals surface area contributed by atoms with Crippen LogP contribution in [0.2, 0.25) is 0 Å². The monoisotopic (exact) mass is 504 g/mol. The minimum atomic E-state index is -0.801. The second kappa shape index (κ2) is 12.1. The lowest BCUT2D eigenvalue weighted by Gasteiger charge is -2.31. The highest BCUT2D eigenvalue weighted by molar-refractivity contribution is 5.95. The van der Waals surface area contributed by atoms with Gasteiger partial charge in [-0.3, -0.25) is 4.79 Å². The third kappa shape index (κ3) is 6.24. The molecule has 37 heavy (non-hydrogen) atoms. The van der Waals surface area contributed by atoms with Gasteiger partial charge in [0.2, 0.25) is 0 Å². The minimum Gasteiger partial charge on any atom is -0.493 e. The first-order valence-electron chi connectivity index (χ1n) is 12.7. The summed E-state index contributed by atoms with van der Waals surface area (Å²) in [6.45, 7) is 1.39. The van der Waals surface area contributed by atoms with Crippen molar-refractivity contribution in [3.8, 4) is 17.2 Å². The molecule has 7 heteroatoms. The maximum atomic E-state index is 12.1. The van der Waals surface area contributed by atoms with Gasteiger partial charge in [0.1, 0.15) is 12.4 Å².